The van der Waals surface area contributed by atoms with E-state index in [0.29, 0.717) is 0 Å². The summed E-state index contributed by atoms with van der Waals surface area (Å²) in [5.41, 5.74) is 18.4. The van der Waals surface area contributed by atoms with Gasteiger partial charge in [-0.2, -0.15) is 0 Å². The summed E-state index contributed by atoms with van der Waals surface area (Å²) >= 11 is 0. The fraction of sp³-hybridized carbons (Fsp3) is 0. The Labute approximate surface area is 515 Å². The van der Waals surface area contributed by atoms with Gasteiger partial charge in [-0.15, -0.1) is 0 Å². The minimum Gasteiger partial charge on any atom is -0.309 e. The Morgan fingerprint density at radius 2 is 0.551 bits per heavy atom. The van der Waals surface area contributed by atoms with Crippen molar-refractivity contribution in [1.29, 1.82) is 0 Å². The van der Waals surface area contributed by atoms with E-state index in [0.717, 1.165) is 55.9 Å². The van der Waals surface area contributed by atoms with Gasteiger partial charge < -0.3 is 18.3 Å². The lowest BCUT2D eigenvalue weighted by Gasteiger charge is -2.34. The van der Waals surface area contributed by atoms with E-state index in [1.54, 1.807) is 0 Å². The maximum atomic E-state index is 2.52. The Balaban J connectivity index is 0.902. The number of para-hydroxylation sites is 6. The number of hydrogen-bond donors (Lipinski definition) is 0. The van der Waals surface area contributed by atoms with Crippen molar-refractivity contribution < 1.29 is 0 Å². The molecule has 0 aliphatic carbocycles. The first-order valence-electron chi connectivity index (χ1n) is 30.7. The Hall–Kier alpha value is -11.5. The molecule has 14 aromatic carbocycles. The highest BCUT2D eigenvalue weighted by Gasteiger charge is 2.41. The topological polar surface area (TPSA) is 19.7 Å². The third-order valence-corrected chi connectivity index (χ3v) is 23.7. The minimum atomic E-state index is -2.87. The van der Waals surface area contributed by atoms with Gasteiger partial charge in [0.25, 0.3) is 0 Å². The van der Waals surface area contributed by atoms with E-state index in [4.69, 9.17) is 0 Å². The molecule has 416 valence electrons. The maximum absolute atomic E-state index is 2.87. The molecule has 0 bridgehead atoms. The zero-order valence-corrected chi connectivity index (χ0v) is 49.6. The van der Waals surface area contributed by atoms with Crippen LogP contribution in [0.1, 0.15) is 0 Å². The predicted octanol–water partition coefficient (Wildman–Crippen LogP) is 18.8. The molecular formula is C84H56N4Si. The first kappa shape index (κ1) is 50.8. The van der Waals surface area contributed by atoms with Crippen molar-refractivity contribution in [2.75, 3.05) is 0 Å². The SMILES string of the molecule is c1ccc([Si](c2ccccc2)(c2ccccc2)c2cccc(-c3ccccc3-c3cc(-n4c5ccccc5c5cc(-n6c7ccccc7c7ccccc76)ccc54)cc(-n4c5ccccc5c5c(-n6c7ccccc7c7ccccc76)cccc54)c3)c2)cc1. The molecule has 4 aromatic heterocycles. The summed E-state index contributed by atoms with van der Waals surface area (Å²) in [5.74, 6) is 0. The highest BCUT2D eigenvalue weighted by atomic mass is 28.3. The maximum Gasteiger partial charge on any atom is 0.179 e. The molecule has 18 aromatic rings. The normalized spacial score (nSPS) is 12.0. The van der Waals surface area contributed by atoms with E-state index in [1.807, 2.05) is 0 Å². The van der Waals surface area contributed by atoms with Crippen LogP contribution in [0.2, 0.25) is 0 Å². The fourth-order valence-corrected chi connectivity index (χ4v) is 20.0. The molecule has 4 heterocycles. The van der Waals surface area contributed by atoms with Gasteiger partial charge in [0, 0.05) is 60.2 Å². The average molecular weight is 1150 g/mol. The third kappa shape index (κ3) is 7.72. The Morgan fingerprint density at radius 1 is 0.191 bits per heavy atom. The monoisotopic (exact) mass is 1150 g/mol. The zero-order chi connectivity index (χ0) is 58.6. The summed E-state index contributed by atoms with van der Waals surface area (Å²) in [5, 5.41) is 15.2. The minimum absolute atomic E-state index is 1.07. The van der Waals surface area contributed by atoms with Gasteiger partial charge in [0.05, 0.1) is 49.8 Å². The van der Waals surface area contributed by atoms with Gasteiger partial charge in [0.15, 0.2) is 8.07 Å². The van der Waals surface area contributed by atoms with E-state index in [1.165, 1.54) is 97.0 Å². The lowest BCUT2D eigenvalue weighted by molar-refractivity contribution is 1.13. The van der Waals surface area contributed by atoms with Crippen molar-refractivity contribution in [2.24, 2.45) is 0 Å². The van der Waals surface area contributed by atoms with Crippen LogP contribution in [-0.2, 0) is 0 Å². The molecule has 0 fully saturated rings. The van der Waals surface area contributed by atoms with Crippen LogP contribution < -0.4 is 20.7 Å². The zero-order valence-electron chi connectivity index (χ0n) is 48.6. The lowest BCUT2D eigenvalue weighted by atomic mass is 9.94. The summed E-state index contributed by atoms with van der Waals surface area (Å²) in [7, 11) is -2.87. The number of benzene rings is 14. The van der Waals surface area contributed by atoms with E-state index in [2.05, 4.69) is 358 Å². The fourth-order valence-electron chi connectivity index (χ4n) is 15.2. The molecular weight excluding hydrogens is 1090 g/mol. The molecule has 0 aliphatic heterocycles. The van der Waals surface area contributed by atoms with Crippen LogP contribution in [0, 0.1) is 0 Å². The van der Waals surface area contributed by atoms with Crippen molar-refractivity contribution in [2.45, 2.75) is 0 Å². The van der Waals surface area contributed by atoms with Gasteiger partial charge >= 0.3 is 0 Å². The van der Waals surface area contributed by atoms with Crippen LogP contribution in [0.3, 0.4) is 0 Å². The van der Waals surface area contributed by atoms with Gasteiger partial charge in [0.2, 0.25) is 0 Å². The molecule has 0 radical (unpaired) electrons. The van der Waals surface area contributed by atoms with E-state index < -0.39 is 8.07 Å². The highest BCUT2D eigenvalue weighted by molar-refractivity contribution is 7.20. The van der Waals surface area contributed by atoms with Crippen LogP contribution in [0.15, 0.2) is 340 Å². The smallest absolute Gasteiger partial charge is 0.179 e. The summed E-state index contributed by atoms with van der Waals surface area (Å²) in [4.78, 5) is 0. The second-order valence-electron chi connectivity index (χ2n) is 23.5. The first-order valence-corrected chi connectivity index (χ1v) is 32.7. The molecule has 0 amide bonds. The Morgan fingerprint density at radius 3 is 1.07 bits per heavy atom. The van der Waals surface area contributed by atoms with Crippen molar-refractivity contribution in [1.82, 2.24) is 18.3 Å². The number of aromatic nitrogens is 4. The number of nitrogens with zero attached hydrogens (tertiary/aromatic N) is 4. The lowest BCUT2D eigenvalue weighted by Crippen LogP contribution is -2.74. The molecule has 4 nitrogen and oxygen atoms in total. The van der Waals surface area contributed by atoms with Gasteiger partial charge in [0.1, 0.15) is 0 Å². The van der Waals surface area contributed by atoms with Crippen LogP contribution in [0.5, 0.6) is 0 Å². The molecule has 18 rings (SSSR count). The van der Waals surface area contributed by atoms with E-state index >= 15 is 0 Å². The quantitative estimate of drug-likeness (QED) is 0.0961. The third-order valence-electron chi connectivity index (χ3n) is 18.9. The summed E-state index contributed by atoms with van der Waals surface area (Å²) in [6.45, 7) is 0. The largest absolute Gasteiger partial charge is 0.309 e. The van der Waals surface area contributed by atoms with Crippen molar-refractivity contribution in [3.63, 3.8) is 0 Å². The van der Waals surface area contributed by atoms with Gasteiger partial charge in [-0.3, -0.25) is 0 Å². The molecule has 89 heavy (non-hydrogen) atoms. The summed E-state index contributed by atoms with van der Waals surface area (Å²) < 4.78 is 9.94. The molecule has 0 saturated carbocycles. The molecule has 0 saturated heterocycles. The highest BCUT2D eigenvalue weighted by Crippen LogP contribution is 2.44. The first-order chi connectivity index (χ1) is 44.2. The Bertz CT molecular complexity index is 5600. The van der Waals surface area contributed by atoms with Gasteiger partial charge in [-0.05, 0) is 128 Å². The molecule has 0 atom stereocenters. The summed E-state index contributed by atoms with van der Waals surface area (Å²) in [6, 6.07) is 127. The molecule has 5 heteroatoms. The van der Waals surface area contributed by atoms with Crippen LogP contribution in [0.4, 0.5) is 0 Å². The van der Waals surface area contributed by atoms with Crippen molar-refractivity contribution >= 4 is 116 Å². The molecule has 0 unspecified atom stereocenters. The average Bonchev–Trinajstić information content (AvgIpc) is 1.77. The second-order valence-corrected chi connectivity index (χ2v) is 27.3. The van der Waals surface area contributed by atoms with Crippen molar-refractivity contribution in [3.8, 4) is 45.0 Å². The molecule has 0 N–H and O–H groups in total. The molecule has 0 aliphatic rings. The van der Waals surface area contributed by atoms with Crippen LogP contribution in [-0.4, -0.2) is 26.3 Å². The van der Waals surface area contributed by atoms with Crippen molar-refractivity contribution in [3.05, 3.63) is 340 Å². The number of fused-ring (bicyclic) bond motifs is 12. The van der Waals surface area contributed by atoms with E-state index in [-0.39, 0.29) is 0 Å². The van der Waals surface area contributed by atoms with E-state index in [9.17, 15) is 0 Å². The molecule has 0 spiro atoms. The summed E-state index contributed by atoms with van der Waals surface area (Å²) in [6.07, 6.45) is 0. The standard InChI is InChI=1S/C84H56N4Si/c1-4-27-62(28-5-1)89(63-29-6-2-7-30-63,64-31-8-3-9-32-64)65-33-24-26-57(54-65)66-34-10-11-35-67(66)58-52-60(86-77-44-20-16-40-72(77)74-56-59(50-51-81(74)86)85-75-42-18-12-36-68(75)69-37-13-19-43-76(69)85)55-61(53-58)87-80-47-23-17-41-73(80)84-82(87)48-25-49-83(84)88-78-45-21-14-38-70(78)71-39-15-22-46-79(71)88/h1-56H. The number of rotatable bonds is 10. The van der Waals surface area contributed by atoms with Gasteiger partial charge in [-0.1, -0.05) is 255 Å². The van der Waals surface area contributed by atoms with Gasteiger partial charge in [-0.25, -0.2) is 0 Å². The Kier molecular flexibility index (Phi) is 11.6. The number of hydrogen-bond acceptors (Lipinski definition) is 0. The predicted molar refractivity (Wildman–Crippen MR) is 378 cm³/mol. The van der Waals surface area contributed by atoms with Crippen LogP contribution in [0.25, 0.3) is 132 Å². The van der Waals surface area contributed by atoms with Crippen LogP contribution >= 0.6 is 0 Å². The second kappa shape index (κ2) is 20.3.